The van der Waals surface area contributed by atoms with E-state index in [1.165, 1.54) is 7.11 Å². The van der Waals surface area contributed by atoms with Gasteiger partial charge in [0.05, 0.1) is 10.8 Å². The van der Waals surface area contributed by atoms with E-state index in [1.54, 1.807) is 12.3 Å². The molecule has 160 valence electrons. The van der Waals surface area contributed by atoms with Crippen LogP contribution < -0.4 is 10.2 Å². The lowest BCUT2D eigenvalue weighted by molar-refractivity contribution is -0.735. The average molecular weight is 413 g/mol. The first-order valence-corrected chi connectivity index (χ1v) is 10.6. The largest absolute Gasteiger partial charge is 0.370 e. The molecular formula is C22H30N5O3+. The third-order valence-electron chi connectivity index (χ3n) is 6.44. The van der Waals surface area contributed by atoms with Crippen molar-refractivity contribution in [2.45, 2.75) is 25.8 Å². The molecule has 2 aromatic rings. The van der Waals surface area contributed by atoms with Crippen molar-refractivity contribution >= 4 is 28.2 Å². The minimum atomic E-state index is -0.0500. The highest BCUT2D eigenvalue weighted by Crippen LogP contribution is 2.36. The van der Waals surface area contributed by atoms with Crippen molar-refractivity contribution in [3.05, 3.63) is 35.4 Å². The summed E-state index contributed by atoms with van der Waals surface area (Å²) < 4.78 is 0. The van der Waals surface area contributed by atoms with E-state index in [0.29, 0.717) is 22.7 Å². The number of piperidine rings is 1. The van der Waals surface area contributed by atoms with Gasteiger partial charge in [-0.1, -0.05) is 6.92 Å². The third-order valence-corrected chi connectivity index (χ3v) is 6.44. The Bertz CT molecular complexity index is 942. The summed E-state index contributed by atoms with van der Waals surface area (Å²) in [7, 11) is 3.46. The molecule has 0 bridgehead atoms. The van der Waals surface area contributed by atoms with Gasteiger partial charge < -0.3 is 15.1 Å². The van der Waals surface area contributed by atoms with Crippen molar-refractivity contribution in [3.63, 3.8) is 0 Å². The standard InChI is InChI=1S/C22H29N5O3/c1-15-13-26(14-18(15)22(28)24-16-8-11-25(2)12-9-16)19-6-7-20(27(29)30-3)21-17(19)5-4-10-23-21/h4-7,10,15-16,18H,8-9,11-14H2,1-3H3/p+1/t15-,18-/m0/s1. The lowest BCUT2D eigenvalue weighted by atomic mass is 9.96. The summed E-state index contributed by atoms with van der Waals surface area (Å²) in [6.07, 6.45) is 3.69. The number of pyridine rings is 1. The number of nitrogens with zero attached hydrogens (tertiary/aromatic N) is 4. The van der Waals surface area contributed by atoms with Gasteiger partial charge in [-0.25, -0.2) is 9.82 Å². The zero-order valence-corrected chi connectivity index (χ0v) is 17.9. The van der Waals surface area contributed by atoms with Gasteiger partial charge >= 0.3 is 5.69 Å². The van der Waals surface area contributed by atoms with Crippen LogP contribution in [-0.2, 0) is 9.63 Å². The highest BCUT2D eigenvalue weighted by atomic mass is 16.8. The van der Waals surface area contributed by atoms with Crippen LogP contribution in [0, 0.1) is 16.7 Å². The molecule has 8 nitrogen and oxygen atoms in total. The summed E-state index contributed by atoms with van der Waals surface area (Å²) in [6, 6.07) is 7.75. The molecule has 0 aliphatic carbocycles. The van der Waals surface area contributed by atoms with E-state index >= 15 is 0 Å². The van der Waals surface area contributed by atoms with Crippen molar-refractivity contribution in [1.29, 1.82) is 0 Å². The van der Waals surface area contributed by atoms with E-state index in [9.17, 15) is 9.70 Å². The van der Waals surface area contributed by atoms with Gasteiger partial charge in [0.2, 0.25) is 5.91 Å². The van der Waals surface area contributed by atoms with Gasteiger partial charge in [0.15, 0.2) is 12.6 Å². The number of benzene rings is 1. The van der Waals surface area contributed by atoms with Gasteiger partial charge in [-0.15, -0.1) is 0 Å². The van der Waals surface area contributed by atoms with Gasteiger partial charge in [0.1, 0.15) is 0 Å². The second kappa shape index (κ2) is 8.55. The zero-order chi connectivity index (χ0) is 21.3. The molecule has 2 fully saturated rings. The molecule has 2 aliphatic rings. The second-order valence-electron chi connectivity index (χ2n) is 8.52. The average Bonchev–Trinajstić information content (AvgIpc) is 3.15. The predicted octanol–water partition coefficient (Wildman–Crippen LogP) is 2.49. The van der Waals surface area contributed by atoms with Crippen LogP contribution in [0.2, 0.25) is 0 Å². The number of hydrogen-bond donors (Lipinski definition) is 1. The highest BCUT2D eigenvalue weighted by Gasteiger charge is 2.37. The summed E-state index contributed by atoms with van der Waals surface area (Å²) >= 11 is 0. The van der Waals surface area contributed by atoms with Crippen molar-refractivity contribution < 1.29 is 14.6 Å². The third kappa shape index (κ3) is 3.96. The Kier molecular flexibility index (Phi) is 5.85. The molecule has 0 saturated carbocycles. The summed E-state index contributed by atoms with van der Waals surface area (Å²) in [6.45, 7) is 5.65. The number of rotatable bonds is 5. The van der Waals surface area contributed by atoms with Gasteiger partial charge in [0, 0.05) is 42.5 Å². The quantitative estimate of drug-likeness (QED) is 0.761. The molecule has 4 rings (SSSR count). The number of nitrogens with one attached hydrogen (secondary N) is 1. The Balaban J connectivity index is 1.53. The van der Waals surface area contributed by atoms with Crippen molar-refractivity contribution in [2.24, 2.45) is 11.8 Å². The van der Waals surface area contributed by atoms with E-state index in [4.69, 9.17) is 4.84 Å². The lowest BCUT2D eigenvalue weighted by Gasteiger charge is -2.30. The molecular weight excluding hydrogens is 382 g/mol. The van der Waals surface area contributed by atoms with E-state index in [0.717, 1.165) is 43.5 Å². The highest BCUT2D eigenvalue weighted by molar-refractivity contribution is 5.97. The number of anilines is 1. The number of fused-ring (bicyclic) bond motifs is 1. The van der Waals surface area contributed by atoms with Crippen molar-refractivity contribution in [3.8, 4) is 0 Å². The molecule has 1 amide bonds. The van der Waals surface area contributed by atoms with E-state index in [-0.39, 0.29) is 23.8 Å². The molecule has 1 aromatic heterocycles. The van der Waals surface area contributed by atoms with Gasteiger partial charge in [-0.3, -0.25) is 4.79 Å². The maximum Gasteiger partial charge on any atom is 0.342 e. The fraction of sp³-hybridized carbons (Fsp3) is 0.545. The Morgan fingerprint density at radius 1 is 1.23 bits per heavy atom. The number of likely N-dealkylation sites (tertiary alicyclic amines) is 1. The van der Waals surface area contributed by atoms with Crippen LogP contribution in [-0.4, -0.2) is 67.1 Å². The van der Waals surface area contributed by atoms with Crippen LogP contribution in [0.1, 0.15) is 19.8 Å². The van der Waals surface area contributed by atoms with Crippen LogP contribution >= 0.6 is 0 Å². The van der Waals surface area contributed by atoms with E-state index < -0.39 is 0 Å². The molecule has 2 atom stereocenters. The predicted molar refractivity (Wildman–Crippen MR) is 116 cm³/mol. The molecule has 2 aliphatic heterocycles. The van der Waals surface area contributed by atoms with Crippen LogP contribution in [0.5, 0.6) is 0 Å². The normalized spacial score (nSPS) is 23.0. The topological polar surface area (TPSA) is 77.8 Å². The Morgan fingerprint density at radius 3 is 2.73 bits per heavy atom. The van der Waals surface area contributed by atoms with Gasteiger partial charge in [0.25, 0.3) is 4.92 Å². The van der Waals surface area contributed by atoms with E-state index in [1.807, 2.05) is 18.2 Å². The molecule has 0 spiro atoms. The first kappa shape index (κ1) is 20.5. The number of aromatic nitrogens is 1. The molecule has 1 N–H and O–H groups in total. The van der Waals surface area contributed by atoms with Crippen molar-refractivity contribution in [1.82, 2.24) is 15.2 Å². The summed E-state index contributed by atoms with van der Waals surface area (Å²) in [5.74, 6) is 0.354. The first-order chi connectivity index (χ1) is 14.5. The maximum atomic E-state index is 13.0. The first-order valence-electron chi connectivity index (χ1n) is 10.6. The van der Waals surface area contributed by atoms with Crippen molar-refractivity contribution in [2.75, 3.05) is 45.2 Å². The van der Waals surface area contributed by atoms with Crippen LogP contribution in [0.4, 0.5) is 11.4 Å². The minimum absolute atomic E-state index is 0.0500. The molecule has 30 heavy (non-hydrogen) atoms. The molecule has 0 unspecified atom stereocenters. The summed E-state index contributed by atoms with van der Waals surface area (Å²) in [5, 5.41) is 4.17. The lowest BCUT2D eigenvalue weighted by Crippen LogP contribution is -2.46. The smallest absolute Gasteiger partial charge is 0.342 e. The molecule has 3 heterocycles. The summed E-state index contributed by atoms with van der Waals surface area (Å²) in [5.41, 5.74) is 1.96. The summed E-state index contributed by atoms with van der Waals surface area (Å²) in [4.78, 5) is 39.3. The second-order valence-corrected chi connectivity index (χ2v) is 8.52. The fourth-order valence-electron chi connectivity index (χ4n) is 4.63. The van der Waals surface area contributed by atoms with Crippen LogP contribution in [0.3, 0.4) is 0 Å². The Morgan fingerprint density at radius 2 is 2.00 bits per heavy atom. The molecule has 0 radical (unpaired) electrons. The monoisotopic (exact) mass is 412 g/mol. The number of hydrogen-bond acceptors (Lipinski definition) is 6. The Hall–Kier alpha value is -2.74. The minimum Gasteiger partial charge on any atom is -0.370 e. The van der Waals surface area contributed by atoms with Crippen LogP contribution in [0.25, 0.3) is 10.9 Å². The fourth-order valence-corrected chi connectivity index (χ4v) is 4.63. The van der Waals surface area contributed by atoms with Gasteiger partial charge in [-0.05, 0) is 57.1 Å². The maximum absolute atomic E-state index is 13.0. The molecule has 8 heteroatoms. The molecule has 2 saturated heterocycles. The molecule has 1 aromatic carbocycles. The number of carbonyl (C=O) groups is 1. The van der Waals surface area contributed by atoms with Gasteiger partial charge in [-0.2, -0.15) is 0 Å². The zero-order valence-electron chi connectivity index (χ0n) is 17.9. The van der Waals surface area contributed by atoms with E-state index in [2.05, 4.69) is 34.1 Å². The van der Waals surface area contributed by atoms with Crippen LogP contribution in [0.15, 0.2) is 30.5 Å². The number of amides is 1. The number of carbonyl (C=O) groups excluding carboxylic acids is 1. The SMILES string of the molecule is CO[N+](=O)c1ccc(N2C[C@H](C(=O)NC3CCN(C)CC3)[C@@H](C)C2)c2cccnc12. The Labute approximate surface area is 176 Å².